The molecular weight excluding hydrogens is 370 g/mol. The van der Waals surface area contributed by atoms with Crippen LogP contribution in [-0.4, -0.2) is 28.0 Å². The lowest BCUT2D eigenvalue weighted by molar-refractivity contribution is -0.383. The van der Waals surface area contributed by atoms with Crippen LogP contribution in [0, 0.1) is 10.1 Å². The summed E-state index contributed by atoms with van der Waals surface area (Å²) in [7, 11) is 0. The highest BCUT2D eigenvalue weighted by molar-refractivity contribution is 6.33. The number of hydrogen-bond donors (Lipinski definition) is 0. The molecule has 0 N–H and O–H groups in total. The molecule has 3 aromatic rings. The Morgan fingerprint density at radius 2 is 1.67 bits per heavy atom. The second-order valence-corrected chi connectivity index (χ2v) is 6.21. The Hall–Kier alpha value is -3.58. The quantitative estimate of drug-likeness (QED) is 0.297. The van der Waals surface area contributed by atoms with E-state index in [1.807, 2.05) is 0 Å². The first-order valence-electron chi connectivity index (χ1n) is 7.86. The van der Waals surface area contributed by atoms with Crippen molar-refractivity contribution in [2.24, 2.45) is 5.10 Å². The molecule has 1 aliphatic heterocycles. The molecule has 4 rings (SSSR count). The Balaban J connectivity index is 1.85. The summed E-state index contributed by atoms with van der Waals surface area (Å²) in [5.41, 5.74) is 0.751. The fourth-order valence-electron chi connectivity index (χ4n) is 3.03. The van der Waals surface area contributed by atoms with Crippen LogP contribution in [0.4, 0.5) is 5.69 Å². The Labute approximate surface area is 157 Å². The molecule has 1 aliphatic rings. The minimum atomic E-state index is -0.651. The van der Waals surface area contributed by atoms with Gasteiger partial charge in [0.25, 0.3) is 17.5 Å². The first-order valence-corrected chi connectivity index (χ1v) is 8.24. The lowest BCUT2D eigenvalue weighted by Crippen LogP contribution is -2.36. The monoisotopic (exact) mass is 379 g/mol. The molecule has 0 radical (unpaired) electrons. The minimum Gasteiger partial charge on any atom is -0.267 e. The maximum atomic E-state index is 12.8. The number of imide groups is 1. The van der Waals surface area contributed by atoms with E-state index < -0.39 is 16.7 Å². The maximum Gasteiger partial charge on any atom is 0.282 e. The molecular formula is C19H10ClN3O4. The van der Waals surface area contributed by atoms with E-state index in [4.69, 9.17) is 11.6 Å². The van der Waals surface area contributed by atoms with Gasteiger partial charge in [0, 0.05) is 22.0 Å². The summed E-state index contributed by atoms with van der Waals surface area (Å²) in [4.78, 5) is 36.3. The van der Waals surface area contributed by atoms with Gasteiger partial charge in [-0.2, -0.15) is 10.1 Å². The zero-order valence-electron chi connectivity index (χ0n) is 13.6. The summed E-state index contributed by atoms with van der Waals surface area (Å²) in [6.45, 7) is 0. The van der Waals surface area contributed by atoms with Crippen molar-refractivity contribution in [3.8, 4) is 0 Å². The molecule has 0 aromatic heterocycles. The predicted molar refractivity (Wildman–Crippen MR) is 100 cm³/mol. The molecule has 0 saturated carbocycles. The number of hydrogen-bond acceptors (Lipinski definition) is 5. The molecule has 3 aromatic carbocycles. The third-order valence-electron chi connectivity index (χ3n) is 4.28. The Bertz CT molecular complexity index is 1150. The van der Waals surface area contributed by atoms with Crippen molar-refractivity contribution < 1.29 is 14.5 Å². The molecule has 132 valence electrons. The highest BCUT2D eigenvalue weighted by atomic mass is 35.5. The zero-order chi connectivity index (χ0) is 19.1. The number of nitro groups is 1. The third kappa shape index (κ3) is 2.65. The normalized spacial score (nSPS) is 13.6. The average Bonchev–Trinajstić information content (AvgIpc) is 2.66. The van der Waals surface area contributed by atoms with Crippen molar-refractivity contribution in [2.75, 3.05) is 0 Å². The molecule has 2 amide bonds. The SMILES string of the molecule is O=C1c2cccc3c([N+](=O)[O-])ccc(c23)C(=O)N1N=Cc1ccccc1Cl. The van der Waals surface area contributed by atoms with Crippen LogP contribution < -0.4 is 0 Å². The van der Waals surface area contributed by atoms with Gasteiger partial charge in [-0.1, -0.05) is 35.9 Å². The van der Waals surface area contributed by atoms with E-state index in [9.17, 15) is 19.7 Å². The van der Waals surface area contributed by atoms with Gasteiger partial charge in [-0.25, -0.2) is 0 Å². The number of halogens is 1. The highest BCUT2D eigenvalue weighted by Crippen LogP contribution is 2.35. The fourth-order valence-corrected chi connectivity index (χ4v) is 3.22. The number of benzene rings is 3. The van der Waals surface area contributed by atoms with Crippen LogP contribution in [0.5, 0.6) is 0 Å². The van der Waals surface area contributed by atoms with E-state index in [2.05, 4.69) is 5.10 Å². The van der Waals surface area contributed by atoms with Gasteiger partial charge in [-0.05, 0) is 24.3 Å². The number of carbonyl (C=O) groups is 2. The van der Waals surface area contributed by atoms with Gasteiger partial charge in [-0.3, -0.25) is 19.7 Å². The van der Waals surface area contributed by atoms with Crippen LogP contribution in [-0.2, 0) is 0 Å². The van der Waals surface area contributed by atoms with Crippen molar-refractivity contribution in [1.82, 2.24) is 5.01 Å². The predicted octanol–water partition coefficient (Wildman–Crippen LogP) is 4.03. The number of nitrogens with zero attached hydrogens (tertiary/aromatic N) is 3. The fraction of sp³-hybridized carbons (Fsp3) is 0. The molecule has 0 spiro atoms. The number of amides is 2. The van der Waals surface area contributed by atoms with Gasteiger partial charge in [0.1, 0.15) is 0 Å². The molecule has 0 aliphatic carbocycles. The van der Waals surface area contributed by atoms with Gasteiger partial charge in [0.2, 0.25) is 0 Å². The Morgan fingerprint density at radius 1 is 0.963 bits per heavy atom. The second-order valence-electron chi connectivity index (χ2n) is 5.81. The van der Waals surface area contributed by atoms with Crippen molar-refractivity contribution in [3.05, 3.63) is 86.4 Å². The molecule has 0 atom stereocenters. The van der Waals surface area contributed by atoms with Gasteiger partial charge in [-0.15, -0.1) is 0 Å². The number of nitro benzene ring substituents is 1. The number of non-ortho nitro benzene ring substituents is 1. The molecule has 0 fully saturated rings. The van der Waals surface area contributed by atoms with Crippen LogP contribution >= 0.6 is 11.6 Å². The topological polar surface area (TPSA) is 92.9 Å². The summed E-state index contributed by atoms with van der Waals surface area (Å²) in [5.74, 6) is -1.30. The Morgan fingerprint density at radius 3 is 2.37 bits per heavy atom. The molecule has 7 nitrogen and oxygen atoms in total. The molecule has 27 heavy (non-hydrogen) atoms. The maximum absolute atomic E-state index is 12.8. The van der Waals surface area contributed by atoms with Crippen LogP contribution in [0.15, 0.2) is 59.7 Å². The average molecular weight is 380 g/mol. The summed E-state index contributed by atoms with van der Waals surface area (Å²) in [6, 6.07) is 14.0. The third-order valence-corrected chi connectivity index (χ3v) is 4.62. The van der Waals surface area contributed by atoms with Crippen molar-refractivity contribution in [1.29, 1.82) is 0 Å². The van der Waals surface area contributed by atoms with Crippen molar-refractivity contribution in [2.45, 2.75) is 0 Å². The van der Waals surface area contributed by atoms with E-state index in [1.165, 1.54) is 36.5 Å². The van der Waals surface area contributed by atoms with Gasteiger partial charge < -0.3 is 0 Å². The summed E-state index contributed by atoms with van der Waals surface area (Å²) >= 11 is 6.06. The standard InChI is InChI=1S/C19H10ClN3O4/c20-15-7-2-1-4-11(15)10-21-22-18(24)13-6-3-5-12-16(23(26)27)9-8-14(17(12)13)19(22)25/h1-10H. The van der Waals surface area contributed by atoms with Gasteiger partial charge >= 0.3 is 0 Å². The highest BCUT2D eigenvalue weighted by Gasteiger charge is 2.34. The van der Waals surface area contributed by atoms with E-state index in [-0.39, 0.29) is 27.6 Å². The minimum absolute atomic E-state index is 0.163. The van der Waals surface area contributed by atoms with Crippen molar-refractivity contribution >= 4 is 46.1 Å². The summed E-state index contributed by atoms with van der Waals surface area (Å²) in [5, 5.41) is 16.9. The van der Waals surface area contributed by atoms with Crippen LogP contribution in [0.25, 0.3) is 10.8 Å². The first kappa shape index (κ1) is 16.9. The van der Waals surface area contributed by atoms with Gasteiger partial charge in [0.15, 0.2) is 0 Å². The number of carbonyl (C=O) groups excluding carboxylic acids is 2. The van der Waals surface area contributed by atoms with E-state index >= 15 is 0 Å². The van der Waals surface area contributed by atoms with E-state index in [1.54, 1.807) is 24.3 Å². The lowest BCUT2D eigenvalue weighted by Gasteiger charge is -2.23. The van der Waals surface area contributed by atoms with E-state index in [0.717, 1.165) is 5.01 Å². The smallest absolute Gasteiger partial charge is 0.267 e. The summed E-state index contributed by atoms with van der Waals surface area (Å²) in [6.07, 6.45) is 1.33. The molecule has 0 saturated heterocycles. The van der Waals surface area contributed by atoms with E-state index in [0.29, 0.717) is 10.6 Å². The summed E-state index contributed by atoms with van der Waals surface area (Å²) < 4.78 is 0. The zero-order valence-corrected chi connectivity index (χ0v) is 14.4. The van der Waals surface area contributed by atoms with Crippen LogP contribution in [0.2, 0.25) is 5.02 Å². The van der Waals surface area contributed by atoms with Crippen LogP contribution in [0.3, 0.4) is 0 Å². The van der Waals surface area contributed by atoms with Crippen molar-refractivity contribution in [3.63, 3.8) is 0 Å². The second kappa shape index (κ2) is 6.30. The van der Waals surface area contributed by atoms with Gasteiger partial charge in [0.05, 0.1) is 27.7 Å². The molecule has 0 unspecified atom stereocenters. The number of rotatable bonds is 3. The Kier molecular flexibility index (Phi) is 3.93. The largest absolute Gasteiger partial charge is 0.282 e. The first-order chi connectivity index (χ1) is 13.0. The molecule has 1 heterocycles. The number of hydrazone groups is 1. The molecule has 8 heteroatoms. The van der Waals surface area contributed by atoms with Crippen LogP contribution in [0.1, 0.15) is 26.3 Å². The molecule has 0 bridgehead atoms. The lowest BCUT2D eigenvalue weighted by atomic mass is 9.94.